The van der Waals surface area contributed by atoms with Crippen LogP contribution in [-0.4, -0.2) is 27.2 Å². The van der Waals surface area contributed by atoms with Gasteiger partial charge in [-0.25, -0.2) is 4.98 Å². The summed E-state index contributed by atoms with van der Waals surface area (Å²) in [5.41, 5.74) is 8.43. The maximum absolute atomic E-state index is 11.8. The minimum atomic E-state index is -0.198. The second kappa shape index (κ2) is 9.27. The Morgan fingerprint density at radius 3 is 2.48 bits per heavy atom. The van der Waals surface area contributed by atoms with Gasteiger partial charge in [0.05, 0.1) is 6.54 Å². The smallest absolute Gasteiger partial charge is 0.221 e. The minimum absolute atomic E-state index is 0. The first-order valence-electron chi connectivity index (χ1n) is 7.51. The Kier molecular flexibility index (Phi) is 7.71. The molecular formula is C16H24ClN5O. The molecule has 0 fully saturated rings. The van der Waals surface area contributed by atoms with Crippen LogP contribution in [0.15, 0.2) is 36.9 Å². The number of aromatic nitrogens is 3. The van der Waals surface area contributed by atoms with Crippen LogP contribution in [0.1, 0.15) is 43.4 Å². The van der Waals surface area contributed by atoms with Gasteiger partial charge in [-0.05, 0) is 17.0 Å². The molecule has 3 N–H and O–H groups in total. The van der Waals surface area contributed by atoms with Crippen molar-refractivity contribution in [2.45, 2.75) is 38.8 Å². The second-order valence-corrected chi connectivity index (χ2v) is 5.64. The molecule has 0 aliphatic heterocycles. The number of hydrogen-bond donors (Lipinski definition) is 2. The molecule has 7 heteroatoms. The molecule has 6 nitrogen and oxygen atoms in total. The molecule has 1 amide bonds. The topological polar surface area (TPSA) is 85.8 Å². The van der Waals surface area contributed by atoms with Crippen LogP contribution >= 0.6 is 12.4 Å². The molecule has 0 radical (unpaired) electrons. The number of amides is 1. The van der Waals surface area contributed by atoms with Gasteiger partial charge in [-0.3, -0.25) is 9.48 Å². The van der Waals surface area contributed by atoms with Crippen molar-refractivity contribution >= 4 is 18.3 Å². The molecule has 1 atom stereocenters. The second-order valence-electron chi connectivity index (χ2n) is 5.64. The van der Waals surface area contributed by atoms with E-state index < -0.39 is 0 Å². The summed E-state index contributed by atoms with van der Waals surface area (Å²) in [4.78, 5) is 15.6. The summed E-state index contributed by atoms with van der Waals surface area (Å²) in [5.74, 6) is 0.464. The molecule has 0 aliphatic carbocycles. The lowest BCUT2D eigenvalue weighted by Crippen LogP contribution is -2.32. The number of aryl methyl sites for hydroxylation is 1. The van der Waals surface area contributed by atoms with Gasteiger partial charge in [0, 0.05) is 19.0 Å². The van der Waals surface area contributed by atoms with Crippen LogP contribution in [-0.2, 0) is 11.3 Å². The highest BCUT2D eigenvalue weighted by Crippen LogP contribution is 2.17. The number of carbonyl (C=O) groups is 1. The monoisotopic (exact) mass is 337 g/mol. The standard InChI is InChI=1S/C16H23N5O.ClH/c1-12(2)13-3-5-14(6-4-13)15(17)9-19-16(22)7-8-21-11-18-10-20-21;/h3-6,10-12,15H,7-9,17H2,1-2H3,(H,19,22);1H. The Hall–Kier alpha value is -1.92. The van der Waals surface area contributed by atoms with Crippen LogP contribution in [0, 0.1) is 0 Å². The van der Waals surface area contributed by atoms with E-state index in [1.54, 1.807) is 11.0 Å². The molecule has 126 valence electrons. The van der Waals surface area contributed by atoms with Gasteiger partial charge < -0.3 is 11.1 Å². The molecule has 0 saturated heterocycles. The molecule has 1 aromatic carbocycles. The van der Waals surface area contributed by atoms with Crippen molar-refractivity contribution < 1.29 is 4.79 Å². The number of nitrogens with zero attached hydrogens (tertiary/aromatic N) is 3. The summed E-state index contributed by atoms with van der Waals surface area (Å²) in [5, 5.41) is 6.81. The SMILES string of the molecule is CC(C)c1ccc(C(N)CNC(=O)CCn2cncn2)cc1.Cl. The average molecular weight is 338 g/mol. The summed E-state index contributed by atoms with van der Waals surface area (Å²) in [7, 11) is 0. The van der Waals surface area contributed by atoms with Crippen LogP contribution in [0.4, 0.5) is 0 Å². The van der Waals surface area contributed by atoms with Crippen LogP contribution in [0.2, 0.25) is 0 Å². The zero-order valence-electron chi connectivity index (χ0n) is 13.5. The van der Waals surface area contributed by atoms with Crippen LogP contribution in [0.25, 0.3) is 0 Å². The van der Waals surface area contributed by atoms with Gasteiger partial charge in [0.1, 0.15) is 12.7 Å². The number of benzene rings is 1. The third-order valence-corrected chi connectivity index (χ3v) is 3.58. The van der Waals surface area contributed by atoms with Gasteiger partial charge >= 0.3 is 0 Å². The van der Waals surface area contributed by atoms with Crippen molar-refractivity contribution in [2.75, 3.05) is 6.54 Å². The number of nitrogens with two attached hydrogens (primary N) is 1. The van der Waals surface area contributed by atoms with Crippen molar-refractivity contribution in [1.82, 2.24) is 20.1 Å². The third kappa shape index (κ3) is 6.00. The number of nitrogens with one attached hydrogen (secondary N) is 1. The fraction of sp³-hybridized carbons (Fsp3) is 0.438. The molecule has 1 unspecified atom stereocenters. The van der Waals surface area contributed by atoms with E-state index in [1.807, 2.05) is 12.1 Å². The molecule has 2 rings (SSSR count). The number of carbonyl (C=O) groups excluding carboxylic acids is 1. The molecule has 0 spiro atoms. The fourth-order valence-electron chi connectivity index (χ4n) is 2.12. The zero-order valence-corrected chi connectivity index (χ0v) is 14.3. The van der Waals surface area contributed by atoms with Gasteiger partial charge in [-0.2, -0.15) is 5.10 Å². The number of hydrogen-bond acceptors (Lipinski definition) is 4. The maximum atomic E-state index is 11.8. The molecule has 0 bridgehead atoms. The summed E-state index contributed by atoms with van der Waals surface area (Å²) in [6.07, 6.45) is 3.41. The molecular weight excluding hydrogens is 314 g/mol. The number of rotatable bonds is 7. The maximum Gasteiger partial charge on any atom is 0.221 e. The lowest BCUT2D eigenvalue weighted by Gasteiger charge is -2.14. The van der Waals surface area contributed by atoms with Gasteiger partial charge in [0.15, 0.2) is 0 Å². The highest BCUT2D eigenvalue weighted by atomic mass is 35.5. The molecule has 23 heavy (non-hydrogen) atoms. The van der Waals surface area contributed by atoms with E-state index in [0.29, 0.717) is 25.4 Å². The normalized spacial score (nSPS) is 11.8. The first kappa shape index (κ1) is 19.1. The molecule has 1 heterocycles. The first-order valence-corrected chi connectivity index (χ1v) is 7.51. The Balaban J connectivity index is 0.00000264. The van der Waals surface area contributed by atoms with E-state index in [9.17, 15) is 4.79 Å². The van der Waals surface area contributed by atoms with Crippen LogP contribution in [0.3, 0.4) is 0 Å². The Labute approximate surface area is 142 Å². The Bertz CT molecular complexity index is 583. The summed E-state index contributed by atoms with van der Waals surface area (Å²) in [6.45, 7) is 5.26. The largest absolute Gasteiger partial charge is 0.354 e. The van der Waals surface area contributed by atoms with Crippen LogP contribution < -0.4 is 11.1 Å². The highest BCUT2D eigenvalue weighted by Gasteiger charge is 2.09. The summed E-state index contributed by atoms with van der Waals surface area (Å²) < 4.78 is 1.63. The number of halogens is 1. The van der Waals surface area contributed by atoms with E-state index in [0.717, 1.165) is 5.56 Å². The van der Waals surface area contributed by atoms with Crippen molar-refractivity contribution in [2.24, 2.45) is 5.73 Å². The highest BCUT2D eigenvalue weighted by molar-refractivity contribution is 5.85. The van der Waals surface area contributed by atoms with Gasteiger partial charge in [0.25, 0.3) is 0 Å². The summed E-state index contributed by atoms with van der Waals surface area (Å²) >= 11 is 0. The van der Waals surface area contributed by atoms with Crippen molar-refractivity contribution in [1.29, 1.82) is 0 Å². The lowest BCUT2D eigenvalue weighted by atomic mass is 9.99. The van der Waals surface area contributed by atoms with E-state index in [1.165, 1.54) is 11.9 Å². The van der Waals surface area contributed by atoms with E-state index in [2.05, 4.69) is 41.4 Å². The minimum Gasteiger partial charge on any atom is -0.354 e. The predicted octanol–water partition coefficient (Wildman–Crippen LogP) is 2.03. The quantitative estimate of drug-likeness (QED) is 0.809. The Morgan fingerprint density at radius 2 is 1.91 bits per heavy atom. The first-order chi connectivity index (χ1) is 10.6. The molecule has 2 aromatic rings. The zero-order chi connectivity index (χ0) is 15.9. The van der Waals surface area contributed by atoms with E-state index in [-0.39, 0.29) is 24.4 Å². The lowest BCUT2D eigenvalue weighted by molar-refractivity contribution is -0.121. The fourth-order valence-corrected chi connectivity index (χ4v) is 2.12. The van der Waals surface area contributed by atoms with Crippen molar-refractivity contribution in [3.8, 4) is 0 Å². The predicted molar refractivity (Wildman–Crippen MR) is 92.4 cm³/mol. The van der Waals surface area contributed by atoms with E-state index in [4.69, 9.17) is 5.73 Å². The molecule has 1 aromatic heterocycles. The molecule has 0 aliphatic rings. The summed E-state index contributed by atoms with van der Waals surface area (Å²) in [6, 6.07) is 8.04. The van der Waals surface area contributed by atoms with Gasteiger partial charge in [-0.15, -0.1) is 12.4 Å². The average Bonchev–Trinajstić information content (AvgIpc) is 3.04. The van der Waals surface area contributed by atoms with Crippen molar-refractivity contribution in [3.05, 3.63) is 48.0 Å². The van der Waals surface area contributed by atoms with Gasteiger partial charge in [-0.1, -0.05) is 38.1 Å². The van der Waals surface area contributed by atoms with Crippen molar-refractivity contribution in [3.63, 3.8) is 0 Å². The van der Waals surface area contributed by atoms with Gasteiger partial charge in [0.2, 0.25) is 5.91 Å². The van der Waals surface area contributed by atoms with Crippen LogP contribution in [0.5, 0.6) is 0 Å². The van der Waals surface area contributed by atoms with E-state index >= 15 is 0 Å². The Morgan fingerprint density at radius 1 is 1.26 bits per heavy atom. The third-order valence-electron chi connectivity index (χ3n) is 3.58. The molecule has 0 saturated carbocycles.